The lowest BCUT2D eigenvalue weighted by atomic mass is 9.97. The predicted octanol–water partition coefficient (Wildman–Crippen LogP) is 7.49. The lowest BCUT2D eigenvalue weighted by molar-refractivity contribution is -0.141. The predicted molar refractivity (Wildman–Crippen MR) is 172 cm³/mol. The van der Waals surface area contributed by atoms with Crippen LogP contribution in [0.2, 0.25) is 0 Å². The Hall–Kier alpha value is -4.07. The van der Waals surface area contributed by atoms with Crippen LogP contribution >= 0.6 is 0 Å². The number of carbonyl (C=O) groups is 3. The summed E-state index contributed by atoms with van der Waals surface area (Å²) >= 11 is 0. The summed E-state index contributed by atoms with van der Waals surface area (Å²) in [6.45, 7) is 13.3. The van der Waals surface area contributed by atoms with Crippen LogP contribution in [0.25, 0.3) is 10.8 Å². The highest BCUT2D eigenvalue weighted by molar-refractivity contribution is 6.00. The number of rotatable bonds is 12. The normalized spacial score (nSPS) is 12.9. The molecule has 8 heteroatoms. The maximum atomic E-state index is 14.4. The van der Waals surface area contributed by atoms with Crippen molar-refractivity contribution in [1.29, 1.82) is 0 Å². The molecule has 0 aliphatic carbocycles. The molecule has 0 saturated heterocycles. The van der Waals surface area contributed by atoms with Crippen molar-refractivity contribution in [1.82, 2.24) is 10.2 Å². The molecule has 0 aliphatic rings. The van der Waals surface area contributed by atoms with Gasteiger partial charge in [-0.05, 0) is 74.9 Å². The van der Waals surface area contributed by atoms with Gasteiger partial charge in [-0.3, -0.25) is 9.59 Å². The van der Waals surface area contributed by atoms with E-state index < -0.39 is 35.6 Å². The molecule has 8 nitrogen and oxygen atoms in total. The summed E-state index contributed by atoms with van der Waals surface area (Å²) in [5.41, 5.74) is 0.745. The van der Waals surface area contributed by atoms with E-state index in [2.05, 4.69) is 17.6 Å². The van der Waals surface area contributed by atoms with E-state index >= 15 is 0 Å². The van der Waals surface area contributed by atoms with E-state index in [0.717, 1.165) is 23.6 Å². The third-order valence-electron chi connectivity index (χ3n) is 7.12. The summed E-state index contributed by atoms with van der Waals surface area (Å²) in [6, 6.07) is 16.6. The van der Waals surface area contributed by atoms with Gasteiger partial charge in [0.2, 0.25) is 5.91 Å². The fourth-order valence-corrected chi connectivity index (χ4v) is 5.07. The fraction of sp³-hybridized carbons (Fsp3) is 0.457. The maximum absolute atomic E-state index is 14.4. The molecule has 3 aromatic rings. The van der Waals surface area contributed by atoms with Gasteiger partial charge in [-0.25, -0.2) is 4.79 Å². The molecule has 0 heterocycles. The van der Waals surface area contributed by atoms with Crippen LogP contribution in [-0.4, -0.2) is 46.1 Å². The number of para-hydroxylation sites is 1. The molecule has 0 radical (unpaired) electrons. The SMILES string of the molecule is CCCCCN(C(=O)C(CC(C)C)NC(=O)OC(C)(C)C)C(C(=O)Nc1ccc2ccccc2c1)c1cccc(C)c1O. The Morgan fingerprint density at radius 2 is 1.65 bits per heavy atom. The molecule has 3 N–H and O–H groups in total. The van der Waals surface area contributed by atoms with Gasteiger partial charge >= 0.3 is 6.09 Å². The number of alkyl carbamates (subject to hydrolysis) is 1. The zero-order chi connectivity index (χ0) is 31.7. The van der Waals surface area contributed by atoms with Crippen LogP contribution in [0.4, 0.5) is 10.5 Å². The maximum Gasteiger partial charge on any atom is 0.408 e. The third kappa shape index (κ3) is 9.46. The van der Waals surface area contributed by atoms with Crippen LogP contribution < -0.4 is 10.6 Å². The highest BCUT2D eigenvalue weighted by Gasteiger charge is 2.37. The second-order valence-corrected chi connectivity index (χ2v) is 12.5. The molecular formula is C35H47N3O5. The number of hydrogen-bond donors (Lipinski definition) is 3. The molecule has 3 rings (SSSR count). The standard InChI is InChI=1S/C35H47N3O5/c1-8-9-12-20-38(33(41)29(21-23(2)3)37-34(42)43-35(5,6)7)30(28-17-13-14-24(4)31(28)39)32(40)36-27-19-18-25-15-10-11-16-26(25)22-27/h10-11,13-19,22-23,29-30,39H,8-9,12,20-21H2,1-7H3,(H,36,40)(H,37,42). The molecule has 232 valence electrons. The van der Waals surface area contributed by atoms with Gasteiger partial charge in [-0.2, -0.15) is 0 Å². The van der Waals surface area contributed by atoms with Gasteiger partial charge in [-0.15, -0.1) is 0 Å². The Morgan fingerprint density at radius 3 is 2.30 bits per heavy atom. The summed E-state index contributed by atoms with van der Waals surface area (Å²) in [7, 11) is 0. The van der Waals surface area contributed by atoms with Crippen molar-refractivity contribution < 1.29 is 24.2 Å². The van der Waals surface area contributed by atoms with Gasteiger partial charge in [0, 0.05) is 17.8 Å². The first-order valence-electron chi connectivity index (χ1n) is 15.2. The van der Waals surface area contributed by atoms with Crippen molar-refractivity contribution in [2.75, 3.05) is 11.9 Å². The second-order valence-electron chi connectivity index (χ2n) is 12.5. The van der Waals surface area contributed by atoms with Gasteiger partial charge in [0.25, 0.3) is 5.91 Å². The number of carbonyl (C=O) groups excluding carboxylic acids is 3. The highest BCUT2D eigenvalue weighted by atomic mass is 16.6. The number of hydrogen-bond acceptors (Lipinski definition) is 5. The average molecular weight is 590 g/mol. The number of ether oxygens (including phenoxy) is 1. The van der Waals surface area contributed by atoms with Gasteiger partial charge in [-0.1, -0.05) is 82.1 Å². The zero-order valence-electron chi connectivity index (χ0n) is 26.6. The van der Waals surface area contributed by atoms with Crippen LogP contribution in [0, 0.1) is 12.8 Å². The van der Waals surface area contributed by atoms with Crippen molar-refractivity contribution in [2.24, 2.45) is 5.92 Å². The van der Waals surface area contributed by atoms with Gasteiger partial charge in [0.1, 0.15) is 23.4 Å². The molecule has 0 aromatic heterocycles. The van der Waals surface area contributed by atoms with Crippen molar-refractivity contribution in [2.45, 2.75) is 91.8 Å². The molecule has 2 atom stereocenters. The smallest absolute Gasteiger partial charge is 0.408 e. The number of nitrogens with zero attached hydrogens (tertiary/aromatic N) is 1. The Labute approximate surface area is 255 Å². The van der Waals surface area contributed by atoms with E-state index in [1.165, 1.54) is 4.90 Å². The number of fused-ring (bicyclic) bond motifs is 1. The molecule has 0 bridgehead atoms. The Morgan fingerprint density at radius 1 is 0.953 bits per heavy atom. The van der Waals surface area contributed by atoms with Crippen molar-refractivity contribution in [3.63, 3.8) is 0 Å². The van der Waals surface area contributed by atoms with Crippen LogP contribution in [0.15, 0.2) is 60.7 Å². The lowest BCUT2D eigenvalue weighted by Gasteiger charge is -2.35. The quantitative estimate of drug-likeness (QED) is 0.190. The first-order chi connectivity index (χ1) is 20.3. The van der Waals surface area contributed by atoms with Gasteiger partial charge in [0.15, 0.2) is 0 Å². The molecule has 0 saturated carbocycles. The molecular weight excluding hydrogens is 542 g/mol. The molecule has 43 heavy (non-hydrogen) atoms. The number of benzene rings is 3. The summed E-state index contributed by atoms with van der Waals surface area (Å²) in [5, 5.41) is 18.9. The summed E-state index contributed by atoms with van der Waals surface area (Å²) in [6.07, 6.45) is 2.06. The highest BCUT2D eigenvalue weighted by Crippen LogP contribution is 2.34. The van der Waals surface area contributed by atoms with Crippen LogP contribution in [-0.2, 0) is 14.3 Å². The number of nitrogens with one attached hydrogen (secondary N) is 2. The van der Waals surface area contributed by atoms with E-state index in [0.29, 0.717) is 29.7 Å². The number of aromatic hydroxyl groups is 1. The molecule has 3 aromatic carbocycles. The molecule has 0 aliphatic heterocycles. The lowest BCUT2D eigenvalue weighted by Crippen LogP contribution is -2.53. The Balaban J connectivity index is 2.08. The first kappa shape index (κ1) is 33.4. The fourth-order valence-electron chi connectivity index (χ4n) is 5.07. The van der Waals surface area contributed by atoms with Gasteiger partial charge in [0.05, 0.1) is 0 Å². The van der Waals surface area contributed by atoms with E-state index in [-0.39, 0.29) is 18.2 Å². The number of unbranched alkanes of at least 4 members (excludes halogenated alkanes) is 2. The summed E-state index contributed by atoms with van der Waals surface area (Å²) in [4.78, 5) is 43.0. The van der Waals surface area contributed by atoms with E-state index in [9.17, 15) is 19.5 Å². The van der Waals surface area contributed by atoms with Crippen molar-refractivity contribution in [3.05, 3.63) is 71.8 Å². The van der Waals surface area contributed by atoms with Crippen molar-refractivity contribution >= 4 is 34.4 Å². The van der Waals surface area contributed by atoms with E-state index in [1.54, 1.807) is 45.9 Å². The molecule has 0 fully saturated rings. The van der Waals surface area contributed by atoms with Crippen molar-refractivity contribution in [3.8, 4) is 5.75 Å². The monoisotopic (exact) mass is 589 g/mol. The zero-order valence-corrected chi connectivity index (χ0v) is 26.6. The van der Waals surface area contributed by atoms with E-state index in [4.69, 9.17) is 4.74 Å². The number of phenolic OH excluding ortho intramolecular Hbond substituents is 1. The van der Waals surface area contributed by atoms with Crippen LogP contribution in [0.3, 0.4) is 0 Å². The minimum atomic E-state index is -1.15. The number of anilines is 1. The average Bonchev–Trinajstić information content (AvgIpc) is 2.92. The molecule has 3 amide bonds. The molecule has 0 spiro atoms. The van der Waals surface area contributed by atoms with Crippen LogP contribution in [0.1, 0.15) is 84.4 Å². The molecule has 2 unspecified atom stereocenters. The van der Waals surface area contributed by atoms with E-state index in [1.807, 2.05) is 56.3 Å². The minimum Gasteiger partial charge on any atom is -0.507 e. The Bertz CT molecular complexity index is 1410. The Kier molecular flexibility index (Phi) is 11.6. The topological polar surface area (TPSA) is 108 Å². The third-order valence-corrected chi connectivity index (χ3v) is 7.12. The summed E-state index contributed by atoms with van der Waals surface area (Å²) < 4.78 is 5.48. The summed E-state index contributed by atoms with van der Waals surface area (Å²) in [5.74, 6) is -0.842. The number of amides is 3. The minimum absolute atomic E-state index is 0.0463. The van der Waals surface area contributed by atoms with Gasteiger partial charge < -0.3 is 25.4 Å². The van der Waals surface area contributed by atoms with Crippen LogP contribution in [0.5, 0.6) is 5.75 Å². The largest absolute Gasteiger partial charge is 0.507 e. The number of phenols is 1. The number of aryl methyl sites for hydroxylation is 1. The second kappa shape index (κ2) is 14.9. The first-order valence-corrected chi connectivity index (χ1v) is 15.2.